The predicted molar refractivity (Wildman–Crippen MR) is 54.2 cm³/mol. The van der Waals surface area contributed by atoms with Crippen LogP contribution in [0, 0.1) is 5.92 Å². The van der Waals surface area contributed by atoms with Gasteiger partial charge in [0.2, 0.25) is 0 Å². The lowest BCUT2D eigenvalue weighted by atomic mass is 9.86. The van der Waals surface area contributed by atoms with Crippen molar-refractivity contribution in [1.82, 2.24) is 4.90 Å². The number of hydrogen-bond donors (Lipinski definition) is 0. The highest BCUT2D eigenvalue weighted by Gasteiger charge is 2.67. The molecule has 1 saturated heterocycles. The van der Waals surface area contributed by atoms with Crippen LogP contribution in [0.15, 0.2) is 12.7 Å². The summed E-state index contributed by atoms with van der Waals surface area (Å²) in [4.78, 5) is 2.51. The fourth-order valence-corrected chi connectivity index (χ4v) is 2.61. The molecular weight excluding hydrogens is 146 g/mol. The van der Waals surface area contributed by atoms with Gasteiger partial charge >= 0.3 is 0 Å². The van der Waals surface area contributed by atoms with Gasteiger partial charge in [-0.05, 0) is 26.3 Å². The molecule has 0 N–H and O–H groups in total. The van der Waals surface area contributed by atoms with Crippen molar-refractivity contribution in [2.45, 2.75) is 45.7 Å². The van der Waals surface area contributed by atoms with Gasteiger partial charge < -0.3 is 0 Å². The Morgan fingerprint density at radius 3 is 2.00 bits per heavy atom. The quantitative estimate of drug-likeness (QED) is 0.461. The van der Waals surface area contributed by atoms with Gasteiger partial charge in [0.25, 0.3) is 0 Å². The van der Waals surface area contributed by atoms with Crippen LogP contribution in [0.2, 0.25) is 0 Å². The maximum Gasteiger partial charge on any atom is 0.0550 e. The Labute approximate surface area is 76.5 Å². The second-order valence-electron chi connectivity index (χ2n) is 4.40. The van der Waals surface area contributed by atoms with E-state index in [1.165, 1.54) is 0 Å². The van der Waals surface area contributed by atoms with Crippen LogP contribution < -0.4 is 0 Å². The summed E-state index contributed by atoms with van der Waals surface area (Å²) in [5, 5.41) is 0. The molecule has 3 atom stereocenters. The van der Waals surface area contributed by atoms with E-state index in [1.807, 2.05) is 0 Å². The molecule has 1 rings (SSSR count). The van der Waals surface area contributed by atoms with Crippen molar-refractivity contribution in [3.8, 4) is 0 Å². The molecule has 1 aliphatic heterocycles. The van der Waals surface area contributed by atoms with Crippen LogP contribution >= 0.6 is 0 Å². The average Bonchev–Trinajstić information content (AvgIpc) is 2.52. The summed E-state index contributed by atoms with van der Waals surface area (Å²) in [5.74, 6) is 0.695. The zero-order valence-corrected chi connectivity index (χ0v) is 9.02. The fraction of sp³-hybridized carbons (Fsp3) is 0.818. The van der Waals surface area contributed by atoms with Gasteiger partial charge in [-0.2, -0.15) is 0 Å². The van der Waals surface area contributed by atoms with Crippen molar-refractivity contribution in [1.29, 1.82) is 0 Å². The van der Waals surface area contributed by atoms with Crippen LogP contribution in [-0.4, -0.2) is 22.5 Å². The second-order valence-corrected chi connectivity index (χ2v) is 4.40. The molecule has 1 heteroatoms. The van der Waals surface area contributed by atoms with E-state index in [0.717, 1.165) is 6.54 Å². The van der Waals surface area contributed by atoms with E-state index >= 15 is 0 Å². The third kappa shape index (κ3) is 0.832. The molecule has 12 heavy (non-hydrogen) atoms. The van der Waals surface area contributed by atoms with Crippen molar-refractivity contribution in [2.24, 2.45) is 5.92 Å². The smallest absolute Gasteiger partial charge is 0.0550 e. The Morgan fingerprint density at radius 2 is 1.92 bits per heavy atom. The lowest BCUT2D eigenvalue weighted by molar-refractivity contribution is 0.356. The normalized spacial score (nSPS) is 46.3. The summed E-state index contributed by atoms with van der Waals surface area (Å²) in [5.41, 5.74) is 0.569. The first kappa shape index (κ1) is 9.79. The summed E-state index contributed by atoms with van der Waals surface area (Å²) in [6.45, 7) is 16.5. The molecule has 0 radical (unpaired) electrons. The van der Waals surface area contributed by atoms with E-state index < -0.39 is 0 Å². The largest absolute Gasteiger partial charge is 0.285 e. The minimum Gasteiger partial charge on any atom is -0.285 e. The van der Waals surface area contributed by atoms with Gasteiger partial charge in [0.05, 0.1) is 5.54 Å². The molecule has 0 spiro atoms. The highest BCUT2D eigenvalue weighted by Crippen LogP contribution is 2.56. The Morgan fingerprint density at radius 1 is 1.42 bits per heavy atom. The van der Waals surface area contributed by atoms with Crippen molar-refractivity contribution in [3.05, 3.63) is 12.7 Å². The van der Waals surface area contributed by atoms with Crippen molar-refractivity contribution in [2.75, 3.05) is 6.54 Å². The monoisotopic (exact) mass is 167 g/mol. The maximum atomic E-state index is 3.93. The zero-order valence-electron chi connectivity index (χ0n) is 9.02. The Kier molecular flexibility index (Phi) is 2.12. The van der Waals surface area contributed by atoms with Gasteiger partial charge in [-0.3, -0.25) is 4.90 Å². The van der Waals surface area contributed by atoms with Crippen molar-refractivity contribution >= 4 is 0 Å². The molecule has 1 aliphatic rings. The first-order chi connectivity index (χ1) is 5.45. The molecule has 3 unspecified atom stereocenters. The molecular formula is C11H21N. The van der Waals surface area contributed by atoms with Gasteiger partial charge in [0, 0.05) is 5.54 Å². The summed E-state index contributed by atoms with van der Waals surface area (Å²) in [7, 11) is 0. The van der Waals surface area contributed by atoms with Crippen LogP contribution in [0.5, 0.6) is 0 Å². The molecule has 0 aromatic rings. The summed E-state index contributed by atoms with van der Waals surface area (Å²) < 4.78 is 0. The van der Waals surface area contributed by atoms with Gasteiger partial charge in [-0.25, -0.2) is 0 Å². The van der Waals surface area contributed by atoms with Crippen molar-refractivity contribution in [3.63, 3.8) is 0 Å². The highest BCUT2D eigenvalue weighted by atomic mass is 15.4. The van der Waals surface area contributed by atoms with E-state index in [1.54, 1.807) is 0 Å². The number of nitrogens with zero attached hydrogens (tertiary/aromatic N) is 1. The molecule has 1 fully saturated rings. The van der Waals surface area contributed by atoms with Gasteiger partial charge in [-0.15, -0.1) is 6.58 Å². The number of rotatable bonds is 3. The van der Waals surface area contributed by atoms with Gasteiger partial charge in [0.1, 0.15) is 0 Å². The third-order valence-corrected chi connectivity index (χ3v) is 3.93. The molecule has 0 aromatic heterocycles. The zero-order chi connectivity index (χ0) is 9.57. The molecule has 0 aliphatic carbocycles. The first-order valence-corrected chi connectivity index (χ1v) is 4.86. The topological polar surface area (TPSA) is 3.01 Å². The lowest BCUT2D eigenvalue weighted by Crippen LogP contribution is -2.24. The first-order valence-electron chi connectivity index (χ1n) is 4.86. The maximum absolute atomic E-state index is 3.93. The van der Waals surface area contributed by atoms with Crippen LogP contribution in [0.1, 0.15) is 34.6 Å². The van der Waals surface area contributed by atoms with Gasteiger partial charge in [-0.1, -0.05) is 26.8 Å². The van der Waals surface area contributed by atoms with E-state index in [2.05, 4.69) is 52.2 Å². The molecule has 0 saturated carbocycles. The lowest BCUT2D eigenvalue weighted by Gasteiger charge is -2.16. The molecule has 70 valence electrons. The second kappa shape index (κ2) is 2.59. The third-order valence-electron chi connectivity index (χ3n) is 3.93. The average molecular weight is 167 g/mol. The summed E-state index contributed by atoms with van der Waals surface area (Å²) >= 11 is 0. The Hall–Kier alpha value is -0.300. The minimum absolute atomic E-state index is 0.232. The molecule has 0 amide bonds. The Balaban J connectivity index is 2.89. The van der Waals surface area contributed by atoms with Crippen LogP contribution in [0.3, 0.4) is 0 Å². The summed E-state index contributed by atoms with van der Waals surface area (Å²) in [6, 6.07) is 0. The molecule has 0 aromatic carbocycles. The minimum atomic E-state index is 0.232. The van der Waals surface area contributed by atoms with E-state index in [9.17, 15) is 0 Å². The SMILES string of the molecule is C=CC1(C)N(CC)C1(C)C(C)C. The standard InChI is InChI=1S/C11H21N/c1-7-10(5)11(6,9(3)4)12(10)8-2/h7,9H,1,8H2,2-6H3. The van der Waals surface area contributed by atoms with Crippen LogP contribution in [0.25, 0.3) is 0 Å². The number of hydrogen-bond acceptors (Lipinski definition) is 1. The van der Waals surface area contributed by atoms with E-state index in [4.69, 9.17) is 0 Å². The molecule has 1 heterocycles. The van der Waals surface area contributed by atoms with Crippen LogP contribution in [-0.2, 0) is 0 Å². The van der Waals surface area contributed by atoms with Crippen LogP contribution in [0.4, 0.5) is 0 Å². The van der Waals surface area contributed by atoms with Gasteiger partial charge in [0.15, 0.2) is 0 Å². The Bertz CT molecular complexity index is 197. The fourth-order valence-electron chi connectivity index (χ4n) is 2.61. The van der Waals surface area contributed by atoms with E-state index in [-0.39, 0.29) is 5.54 Å². The predicted octanol–water partition coefficient (Wildman–Crippen LogP) is 2.68. The molecule has 0 bridgehead atoms. The van der Waals surface area contributed by atoms with E-state index in [0.29, 0.717) is 11.5 Å². The number of likely N-dealkylation sites (N-methyl/N-ethyl adjacent to an activating group) is 1. The van der Waals surface area contributed by atoms with Crippen molar-refractivity contribution < 1.29 is 0 Å². The summed E-state index contributed by atoms with van der Waals surface area (Å²) in [6.07, 6.45) is 2.09. The highest BCUT2D eigenvalue weighted by molar-refractivity contribution is 5.32. The molecule has 1 nitrogen and oxygen atoms in total.